The minimum atomic E-state index is -0.250. The molecule has 0 fully saturated rings. The molecular formula is C21H19N3O3. The zero-order chi connectivity index (χ0) is 19.1. The average molecular weight is 361 g/mol. The highest BCUT2D eigenvalue weighted by Gasteiger charge is 2.06. The van der Waals surface area contributed by atoms with Gasteiger partial charge in [-0.05, 0) is 23.8 Å². The number of amides is 2. The van der Waals surface area contributed by atoms with Gasteiger partial charge in [-0.2, -0.15) is 0 Å². The van der Waals surface area contributed by atoms with E-state index >= 15 is 0 Å². The third-order valence-electron chi connectivity index (χ3n) is 3.68. The summed E-state index contributed by atoms with van der Waals surface area (Å²) in [4.78, 5) is 27.1. The van der Waals surface area contributed by atoms with E-state index in [1.165, 1.54) is 13.0 Å². The van der Waals surface area contributed by atoms with Crippen LogP contribution in [-0.2, 0) is 16.1 Å². The first-order valence-corrected chi connectivity index (χ1v) is 8.44. The van der Waals surface area contributed by atoms with Crippen molar-refractivity contribution < 1.29 is 14.0 Å². The molecule has 3 rings (SSSR count). The van der Waals surface area contributed by atoms with Crippen molar-refractivity contribution in [2.45, 2.75) is 13.5 Å². The summed E-state index contributed by atoms with van der Waals surface area (Å²) in [7, 11) is 0. The molecule has 2 aromatic carbocycles. The van der Waals surface area contributed by atoms with Crippen molar-refractivity contribution in [3.8, 4) is 11.3 Å². The van der Waals surface area contributed by atoms with E-state index in [1.807, 2.05) is 42.5 Å². The summed E-state index contributed by atoms with van der Waals surface area (Å²) in [6.45, 7) is 1.66. The predicted octanol–water partition coefficient (Wildman–Crippen LogP) is 3.63. The number of hydrogen-bond acceptors (Lipinski definition) is 4. The maximum atomic E-state index is 12.0. The van der Waals surface area contributed by atoms with Gasteiger partial charge in [-0.15, -0.1) is 0 Å². The van der Waals surface area contributed by atoms with Crippen LogP contribution in [0, 0.1) is 0 Å². The lowest BCUT2D eigenvalue weighted by Gasteiger charge is -2.02. The minimum Gasteiger partial charge on any atom is -0.439 e. The Morgan fingerprint density at radius 3 is 2.52 bits per heavy atom. The van der Waals surface area contributed by atoms with E-state index in [9.17, 15) is 9.59 Å². The lowest BCUT2D eigenvalue weighted by molar-refractivity contribution is -0.116. The van der Waals surface area contributed by atoms with Crippen molar-refractivity contribution in [1.29, 1.82) is 0 Å². The number of nitrogens with zero attached hydrogens (tertiary/aromatic N) is 1. The van der Waals surface area contributed by atoms with Crippen LogP contribution in [-0.4, -0.2) is 16.8 Å². The molecule has 0 spiro atoms. The smallest absolute Gasteiger partial charge is 0.244 e. The average Bonchev–Trinajstić information content (AvgIpc) is 3.15. The normalized spacial score (nSPS) is 10.7. The minimum absolute atomic E-state index is 0.125. The van der Waals surface area contributed by atoms with Crippen molar-refractivity contribution >= 4 is 23.6 Å². The van der Waals surface area contributed by atoms with Gasteiger partial charge in [-0.3, -0.25) is 9.59 Å². The second kappa shape index (κ2) is 8.62. The molecule has 27 heavy (non-hydrogen) atoms. The summed E-state index contributed by atoms with van der Waals surface area (Å²) < 4.78 is 5.64. The third kappa shape index (κ3) is 5.40. The van der Waals surface area contributed by atoms with Gasteiger partial charge in [-0.1, -0.05) is 42.5 Å². The molecule has 0 aliphatic rings. The van der Waals surface area contributed by atoms with E-state index < -0.39 is 0 Å². The molecule has 0 atom stereocenters. The lowest BCUT2D eigenvalue weighted by Crippen LogP contribution is -2.20. The molecule has 2 N–H and O–H groups in total. The van der Waals surface area contributed by atoms with Crippen LogP contribution >= 0.6 is 0 Å². The molecule has 0 saturated heterocycles. The van der Waals surface area contributed by atoms with Gasteiger partial charge in [0, 0.05) is 24.3 Å². The third-order valence-corrected chi connectivity index (χ3v) is 3.68. The van der Waals surface area contributed by atoms with Crippen molar-refractivity contribution in [3.63, 3.8) is 0 Å². The maximum absolute atomic E-state index is 12.0. The molecular weight excluding hydrogens is 342 g/mol. The Labute approximate surface area is 156 Å². The van der Waals surface area contributed by atoms with Gasteiger partial charge in [-0.25, -0.2) is 4.98 Å². The number of nitrogens with one attached hydrogen (secondary N) is 2. The molecule has 3 aromatic rings. The fourth-order valence-electron chi connectivity index (χ4n) is 2.40. The van der Waals surface area contributed by atoms with E-state index in [2.05, 4.69) is 15.6 Å². The van der Waals surface area contributed by atoms with Crippen LogP contribution in [0.25, 0.3) is 17.4 Å². The van der Waals surface area contributed by atoms with Crippen molar-refractivity contribution in [3.05, 3.63) is 78.3 Å². The second-order valence-corrected chi connectivity index (χ2v) is 5.84. The maximum Gasteiger partial charge on any atom is 0.244 e. The van der Waals surface area contributed by atoms with E-state index in [4.69, 9.17) is 4.42 Å². The Balaban J connectivity index is 1.51. The monoisotopic (exact) mass is 361 g/mol. The lowest BCUT2D eigenvalue weighted by atomic mass is 10.2. The number of rotatable bonds is 6. The summed E-state index contributed by atoms with van der Waals surface area (Å²) in [5, 5.41) is 5.42. The topological polar surface area (TPSA) is 84.2 Å². The Kier molecular flexibility index (Phi) is 5.79. The summed E-state index contributed by atoms with van der Waals surface area (Å²) in [5.41, 5.74) is 2.49. The Morgan fingerprint density at radius 2 is 1.81 bits per heavy atom. The van der Waals surface area contributed by atoms with E-state index in [1.54, 1.807) is 24.4 Å². The highest BCUT2D eigenvalue weighted by atomic mass is 16.4. The van der Waals surface area contributed by atoms with Crippen LogP contribution in [0.5, 0.6) is 0 Å². The zero-order valence-electron chi connectivity index (χ0n) is 14.8. The molecule has 0 saturated carbocycles. The largest absolute Gasteiger partial charge is 0.439 e. The number of carbonyl (C=O) groups excluding carboxylic acids is 2. The van der Waals surface area contributed by atoms with Crippen molar-refractivity contribution in [2.75, 3.05) is 5.32 Å². The SMILES string of the molecule is CC(=O)Nc1ccc(C=CC(=O)NCc2ncc(-c3ccccc3)o2)cc1. The molecule has 1 aromatic heterocycles. The second-order valence-electron chi connectivity index (χ2n) is 5.84. The molecule has 136 valence electrons. The summed E-state index contributed by atoms with van der Waals surface area (Å²) in [5.74, 6) is 0.727. The molecule has 0 aliphatic heterocycles. The highest BCUT2D eigenvalue weighted by molar-refractivity contribution is 5.92. The van der Waals surface area contributed by atoms with Gasteiger partial charge in [0.25, 0.3) is 0 Å². The first-order chi connectivity index (χ1) is 13.1. The number of aromatic nitrogens is 1. The van der Waals surface area contributed by atoms with Gasteiger partial charge in [0.15, 0.2) is 5.76 Å². The highest BCUT2D eigenvalue weighted by Crippen LogP contribution is 2.19. The Hall–Kier alpha value is -3.67. The molecule has 6 nitrogen and oxygen atoms in total. The first-order valence-electron chi connectivity index (χ1n) is 8.44. The van der Waals surface area contributed by atoms with E-state index in [-0.39, 0.29) is 18.4 Å². The Morgan fingerprint density at radius 1 is 1.07 bits per heavy atom. The molecule has 0 bridgehead atoms. The number of carbonyl (C=O) groups is 2. The van der Waals surface area contributed by atoms with Crippen LogP contribution in [0.3, 0.4) is 0 Å². The number of anilines is 1. The Bertz CT molecular complexity index is 944. The molecule has 2 amide bonds. The van der Waals surface area contributed by atoms with Crippen LogP contribution in [0.15, 0.2) is 71.3 Å². The molecule has 0 aliphatic carbocycles. The fraction of sp³-hybridized carbons (Fsp3) is 0.0952. The first kappa shape index (κ1) is 18.1. The molecule has 1 heterocycles. The van der Waals surface area contributed by atoms with Crippen molar-refractivity contribution in [2.24, 2.45) is 0 Å². The van der Waals surface area contributed by atoms with Crippen molar-refractivity contribution in [1.82, 2.24) is 10.3 Å². The van der Waals surface area contributed by atoms with Gasteiger partial charge < -0.3 is 15.1 Å². The zero-order valence-corrected chi connectivity index (χ0v) is 14.8. The number of hydrogen-bond donors (Lipinski definition) is 2. The number of oxazole rings is 1. The van der Waals surface area contributed by atoms with Gasteiger partial charge in [0.1, 0.15) is 0 Å². The predicted molar refractivity (Wildman–Crippen MR) is 104 cm³/mol. The molecule has 0 unspecified atom stereocenters. The molecule has 0 radical (unpaired) electrons. The van der Waals surface area contributed by atoms with Crippen LogP contribution in [0.4, 0.5) is 5.69 Å². The van der Waals surface area contributed by atoms with E-state index in [0.29, 0.717) is 17.3 Å². The van der Waals surface area contributed by atoms with E-state index in [0.717, 1.165) is 11.1 Å². The van der Waals surface area contributed by atoms with Crippen LogP contribution in [0.2, 0.25) is 0 Å². The van der Waals surface area contributed by atoms with Gasteiger partial charge >= 0.3 is 0 Å². The summed E-state index contributed by atoms with van der Waals surface area (Å²) >= 11 is 0. The van der Waals surface area contributed by atoms with Crippen LogP contribution in [0.1, 0.15) is 18.4 Å². The quantitative estimate of drug-likeness (QED) is 0.657. The fourth-order valence-corrected chi connectivity index (χ4v) is 2.40. The molecule has 6 heteroatoms. The van der Waals surface area contributed by atoms with Crippen LogP contribution < -0.4 is 10.6 Å². The summed E-state index contributed by atoms with van der Waals surface area (Å²) in [6, 6.07) is 16.8. The van der Waals surface area contributed by atoms with Gasteiger partial charge in [0.05, 0.1) is 12.7 Å². The van der Waals surface area contributed by atoms with Gasteiger partial charge in [0.2, 0.25) is 17.7 Å². The summed E-state index contributed by atoms with van der Waals surface area (Å²) in [6.07, 6.45) is 4.77. The standard InChI is InChI=1S/C21H19N3O3/c1-15(25)24-18-10-7-16(8-11-18)9-12-20(26)22-14-21-23-13-19(27-21)17-5-3-2-4-6-17/h2-13H,14H2,1H3,(H,22,26)(H,24,25). The number of benzene rings is 2.